The van der Waals surface area contributed by atoms with Crippen molar-refractivity contribution in [1.29, 1.82) is 0 Å². The van der Waals surface area contributed by atoms with Gasteiger partial charge in [-0.1, -0.05) is 25.5 Å². The van der Waals surface area contributed by atoms with Gasteiger partial charge in [0.1, 0.15) is 23.7 Å². The standard InChI is InChI=1S/C25H37N5O3/c1-17(2)15-25(13-14-25)29(4)24(31)32-16-21-23(27-28-30(21)5)20-11-12-22(18(3)26-20)33-19-9-7-6-8-10-19/h11-12,17,19H,6-10,13-16H2,1-5H3. The molecular formula is C25H37N5O3. The van der Waals surface area contributed by atoms with Gasteiger partial charge in [-0.25, -0.2) is 14.5 Å². The van der Waals surface area contributed by atoms with Crippen LogP contribution in [0.1, 0.15) is 76.6 Å². The molecule has 2 aromatic rings. The van der Waals surface area contributed by atoms with E-state index in [0.717, 1.165) is 49.2 Å². The van der Waals surface area contributed by atoms with Crippen LogP contribution >= 0.6 is 0 Å². The number of ether oxygens (including phenoxy) is 2. The number of rotatable bonds is 8. The molecule has 0 bridgehead atoms. The Morgan fingerprint density at radius 1 is 1.24 bits per heavy atom. The zero-order valence-corrected chi connectivity index (χ0v) is 20.6. The van der Waals surface area contributed by atoms with Crippen LogP contribution in [0.25, 0.3) is 11.4 Å². The third kappa shape index (κ3) is 5.31. The molecule has 0 saturated heterocycles. The minimum atomic E-state index is -0.305. The Bertz CT molecular complexity index is 976. The number of hydrogen-bond donors (Lipinski definition) is 0. The molecule has 33 heavy (non-hydrogen) atoms. The highest BCUT2D eigenvalue weighted by atomic mass is 16.6. The van der Waals surface area contributed by atoms with Crippen molar-refractivity contribution in [2.24, 2.45) is 13.0 Å². The highest BCUT2D eigenvalue weighted by Gasteiger charge is 2.49. The van der Waals surface area contributed by atoms with Crippen LogP contribution in [0.5, 0.6) is 5.75 Å². The van der Waals surface area contributed by atoms with Crippen LogP contribution in [0, 0.1) is 12.8 Å². The maximum atomic E-state index is 12.8. The van der Waals surface area contributed by atoms with Gasteiger partial charge in [0.15, 0.2) is 0 Å². The Kier molecular flexibility index (Phi) is 6.91. The topological polar surface area (TPSA) is 82.4 Å². The molecule has 2 aromatic heterocycles. The van der Waals surface area contributed by atoms with Crippen molar-refractivity contribution in [3.63, 3.8) is 0 Å². The van der Waals surface area contributed by atoms with Crippen molar-refractivity contribution in [1.82, 2.24) is 24.9 Å². The van der Waals surface area contributed by atoms with Crippen LogP contribution in [0.15, 0.2) is 12.1 Å². The zero-order chi connectivity index (χ0) is 23.6. The Morgan fingerprint density at radius 3 is 2.61 bits per heavy atom. The van der Waals surface area contributed by atoms with Gasteiger partial charge in [-0.3, -0.25) is 0 Å². The minimum Gasteiger partial charge on any atom is -0.489 e. The second-order valence-corrected chi connectivity index (χ2v) is 10.1. The smallest absolute Gasteiger partial charge is 0.410 e. The molecule has 0 aliphatic heterocycles. The van der Waals surface area contributed by atoms with Crippen LogP contribution in [0.4, 0.5) is 4.79 Å². The van der Waals surface area contributed by atoms with E-state index in [-0.39, 0.29) is 24.3 Å². The fourth-order valence-electron chi connectivity index (χ4n) is 4.91. The molecule has 0 spiro atoms. The summed E-state index contributed by atoms with van der Waals surface area (Å²) in [5.41, 5.74) is 2.83. The highest BCUT2D eigenvalue weighted by molar-refractivity contribution is 5.69. The van der Waals surface area contributed by atoms with Crippen LogP contribution in [0.3, 0.4) is 0 Å². The Labute approximate surface area is 196 Å². The van der Waals surface area contributed by atoms with Crippen molar-refractivity contribution in [3.05, 3.63) is 23.5 Å². The lowest BCUT2D eigenvalue weighted by Gasteiger charge is -2.28. The Hall–Kier alpha value is -2.64. The molecule has 1 amide bonds. The summed E-state index contributed by atoms with van der Waals surface area (Å²) in [5, 5.41) is 8.45. The molecule has 2 fully saturated rings. The van der Waals surface area contributed by atoms with Crippen molar-refractivity contribution < 1.29 is 14.3 Å². The summed E-state index contributed by atoms with van der Waals surface area (Å²) in [6.45, 7) is 6.43. The largest absolute Gasteiger partial charge is 0.489 e. The van der Waals surface area contributed by atoms with Crippen LogP contribution in [-0.2, 0) is 18.4 Å². The summed E-state index contributed by atoms with van der Waals surface area (Å²) in [6, 6.07) is 3.88. The average Bonchev–Trinajstić information content (AvgIpc) is 3.47. The summed E-state index contributed by atoms with van der Waals surface area (Å²) < 4.78 is 13.5. The van der Waals surface area contributed by atoms with E-state index in [2.05, 4.69) is 24.2 Å². The monoisotopic (exact) mass is 455 g/mol. The van der Waals surface area contributed by atoms with Gasteiger partial charge in [-0.15, -0.1) is 5.10 Å². The predicted octanol–water partition coefficient (Wildman–Crippen LogP) is 5.04. The van der Waals surface area contributed by atoms with E-state index < -0.39 is 0 Å². The molecule has 180 valence electrons. The van der Waals surface area contributed by atoms with Crippen LogP contribution < -0.4 is 4.74 Å². The fraction of sp³-hybridized carbons (Fsp3) is 0.680. The molecule has 0 atom stereocenters. The predicted molar refractivity (Wildman–Crippen MR) is 126 cm³/mol. The first-order valence-electron chi connectivity index (χ1n) is 12.2. The summed E-state index contributed by atoms with van der Waals surface area (Å²) in [5.74, 6) is 1.36. The highest BCUT2D eigenvalue weighted by Crippen LogP contribution is 2.46. The summed E-state index contributed by atoms with van der Waals surface area (Å²) >= 11 is 0. The normalized spacial score (nSPS) is 17.8. The summed E-state index contributed by atoms with van der Waals surface area (Å²) in [4.78, 5) is 19.3. The van der Waals surface area contributed by atoms with E-state index in [0.29, 0.717) is 17.3 Å². The molecule has 2 aliphatic rings. The molecule has 8 heteroatoms. The molecule has 0 aromatic carbocycles. The van der Waals surface area contributed by atoms with Crippen LogP contribution in [-0.4, -0.2) is 49.7 Å². The Morgan fingerprint density at radius 2 is 1.97 bits per heavy atom. The zero-order valence-electron chi connectivity index (χ0n) is 20.6. The second-order valence-electron chi connectivity index (χ2n) is 10.1. The maximum absolute atomic E-state index is 12.8. The quantitative estimate of drug-likeness (QED) is 0.554. The number of carbonyl (C=O) groups is 1. The average molecular weight is 456 g/mol. The summed E-state index contributed by atoms with van der Waals surface area (Å²) in [6.07, 6.45) is 9.00. The van der Waals surface area contributed by atoms with E-state index in [1.807, 2.05) is 26.1 Å². The van der Waals surface area contributed by atoms with E-state index in [9.17, 15) is 4.79 Å². The van der Waals surface area contributed by atoms with Gasteiger partial charge >= 0.3 is 6.09 Å². The SMILES string of the molecule is Cc1nc(-c2nnn(C)c2COC(=O)N(C)C2(CC(C)C)CC2)ccc1OC1CCCCC1. The first-order valence-corrected chi connectivity index (χ1v) is 12.2. The van der Waals surface area contributed by atoms with Gasteiger partial charge in [0.05, 0.1) is 17.5 Å². The first-order chi connectivity index (χ1) is 15.8. The number of amides is 1. The van der Waals surface area contributed by atoms with Gasteiger partial charge in [-0.2, -0.15) is 0 Å². The van der Waals surface area contributed by atoms with Crippen molar-refractivity contribution in [2.75, 3.05) is 7.05 Å². The molecule has 8 nitrogen and oxygen atoms in total. The molecule has 2 aliphatic carbocycles. The lowest BCUT2D eigenvalue weighted by molar-refractivity contribution is 0.0799. The number of aryl methyl sites for hydroxylation is 2. The fourth-order valence-corrected chi connectivity index (χ4v) is 4.91. The summed E-state index contributed by atoms with van der Waals surface area (Å²) in [7, 11) is 3.65. The molecule has 0 radical (unpaired) electrons. The third-order valence-electron chi connectivity index (χ3n) is 7.00. The van der Waals surface area contributed by atoms with Crippen molar-refractivity contribution in [2.45, 2.75) is 90.4 Å². The number of hydrogen-bond acceptors (Lipinski definition) is 6. The number of aromatic nitrogens is 4. The maximum Gasteiger partial charge on any atom is 0.410 e. The van der Waals surface area contributed by atoms with Gasteiger partial charge in [0.25, 0.3) is 0 Å². The lowest BCUT2D eigenvalue weighted by atomic mass is 9.98. The lowest BCUT2D eigenvalue weighted by Crippen LogP contribution is -2.40. The van der Waals surface area contributed by atoms with E-state index >= 15 is 0 Å². The molecule has 2 saturated carbocycles. The second kappa shape index (κ2) is 9.69. The van der Waals surface area contributed by atoms with E-state index in [1.54, 1.807) is 16.6 Å². The molecule has 0 N–H and O–H groups in total. The minimum absolute atomic E-state index is 0.0500. The van der Waals surface area contributed by atoms with Gasteiger partial charge in [0, 0.05) is 19.6 Å². The van der Waals surface area contributed by atoms with Crippen molar-refractivity contribution in [3.8, 4) is 17.1 Å². The number of pyridine rings is 1. The van der Waals surface area contributed by atoms with Gasteiger partial charge in [0.2, 0.25) is 0 Å². The van der Waals surface area contributed by atoms with Crippen molar-refractivity contribution >= 4 is 6.09 Å². The third-order valence-corrected chi connectivity index (χ3v) is 7.00. The van der Waals surface area contributed by atoms with E-state index in [1.165, 1.54) is 19.3 Å². The van der Waals surface area contributed by atoms with Gasteiger partial charge in [-0.05, 0) is 69.9 Å². The number of nitrogens with zero attached hydrogens (tertiary/aromatic N) is 5. The van der Waals surface area contributed by atoms with Gasteiger partial charge < -0.3 is 14.4 Å². The molecule has 4 rings (SSSR count). The van der Waals surface area contributed by atoms with E-state index in [4.69, 9.17) is 14.5 Å². The molecule has 2 heterocycles. The number of carbonyl (C=O) groups excluding carboxylic acids is 1. The Balaban J connectivity index is 1.43. The molecular weight excluding hydrogens is 418 g/mol. The first kappa shape index (κ1) is 23.5. The van der Waals surface area contributed by atoms with Crippen LogP contribution in [0.2, 0.25) is 0 Å². The molecule has 0 unspecified atom stereocenters.